The summed E-state index contributed by atoms with van der Waals surface area (Å²) in [4.78, 5) is 24.8. The summed E-state index contributed by atoms with van der Waals surface area (Å²) in [5.74, 6) is -2.08. The third-order valence-corrected chi connectivity index (χ3v) is 4.83. The van der Waals surface area contributed by atoms with Crippen molar-refractivity contribution < 1.29 is 27.5 Å². The van der Waals surface area contributed by atoms with Gasteiger partial charge in [0, 0.05) is 12.5 Å². The predicted octanol–water partition coefficient (Wildman–Crippen LogP) is 2.32. The van der Waals surface area contributed by atoms with Crippen LogP contribution in [0.1, 0.15) is 36.5 Å². The summed E-state index contributed by atoms with van der Waals surface area (Å²) in [7, 11) is 0. The van der Waals surface area contributed by atoms with E-state index in [-0.39, 0.29) is 22.5 Å². The highest BCUT2D eigenvalue weighted by Gasteiger charge is 2.35. The van der Waals surface area contributed by atoms with E-state index >= 15 is 0 Å². The van der Waals surface area contributed by atoms with Crippen molar-refractivity contribution in [3.8, 4) is 5.75 Å². The molecule has 4 N–H and O–H groups in total. The molecule has 0 saturated heterocycles. The molecule has 1 aromatic carbocycles. The summed E-state index contributed by atoms with van der Waals surface area (Å²) in [5, 5.41) is 9.78. The Hall–Kier alpha value is -2.73. The highest BCUT2D eigenvalue weighted by atomic mass is 35.5. The Morgan fingerprint density at radius 2 is 2.07 bits per heavy atom. The molecule has 13 heteroatoms. The second-order valence-electron chi connectivity index (χ2n) is 6.32. The number of hydrazone groups is 1. The van der Waals surface area contributed by atoms with Gasteiger partial charge in [-0.1, -0.05) is 18.0 Å². The van der Waals surface area contributed by atoms with Gasteiger partial charge >= 0.3 is 6.36 Å². The first-order chi connectivity index (χ1) is 13.7. The number of amides is 2. The molecule has 1 aliphatic heterocycles. The maximum atomic E-state index is 12.7. The van der Waals surface area contributed by atoms with Crippen LogP contribution in [0.25, 0.3) is 0 Å². The Kier molecular flexibility index (Phi) is 6.03. The number of rotatable bonds is 5. The van der Waals surface area contributed by atoms with Gasteiger partial charge < -0.3 is 10.1 Å². The normalized spacial score (nSPS) is 16.6. The smallest absolute Gasteiger partial charge is 0.404 e. The van der Waals surface area contributed by atoms with Crippen LogP contribution in [-0.2, 0) is 4.79 Å². The molecule has 2 aliphatic rings. The number of guanidine groups is 1. The maximum Gasteiger partial charge on any atom is 0.573 e. The van der Waals surface area contributed by atoms with E-state index in [2.05, 4.69) is 31.5 Å². The van der Waals surface area contributed by atoms with E-state index < -0.39 is 29.6 Å². The van der Waals surface area contributed by atoms with E-state index in [1.165, 1.54) is 5.01 Å². The zero-order valence-corrected chi connectivity index (χ0v) is 15.9. The number of hydrogen-bond donors (Lipinski definition) is 4. The lowest BCUT2D eigenvalue weighted by atomic mass is 9.85. The summed E-state index contributed by atoms with van der Waals surface area (Å²) in [6.07, 6.45) is -2.88. The fraction of sp³-hybridized carbons (Fsp3) is 0.438. The quantitative estimate of drug-likeness (QED) is 0.566. The SMILES string of the molecule is CCN1NNN=C1NC(=O)c1ccc(OC(F)(F)F)c(NC(=O)C2CCC2)c1Cl. The maximum absolute atomic E-state index is 12.7. The van der Waals surface area contributed by atoms with Crippen molar-refractivity contribution in [1.29, 1.82) is 0 Å². The third-order valence-electron chi connectivity index (χ3n) is 4.44. The lowest BCUT2D eigenvalue weighted by molar-refractivity contribution is -0.274. The topological polar surface area (TPSA) is 107 Å². The zero-order chi connectivity index (χ0) is 21.2. The molecule has 2 amide bonds. The van der Waals surface area contributed by atoms with Gasteiger partial charge in [-0.3, -0.25) is 19.9 Å². The predicted molar refractivity (Wildman–Crippen MR) is 97.7 cm³/mol. The number of halogens is 4. The second-order valence-corrected chi connectivity index (χ2v) is 6.70. The summed E-state index contributed by atoms with van der Waals surface area (Å²) in [6.45, 7) is 2.26. The molecule has 1 saturated carbocycles. The Balaban J connectivity index is 1.88. The van der Waals surface area contributed by atoms with Crippen molar-refractivity contribution in [1.82, 2.24) is 21.4 Å². The van der Waals surface area contributed by atoms with Crippen LogP contribution in [0.5, 0.6) is 5.75 Å². The van der Waals surface area contributed by atoms with Crippen LogP contribution in [-0.4, -0.2) is 35.7 Å². The number of benzene rings is 1. The van der Waals surface area contributed by atoms with Crippen LogP contribution in [0.15, 0.2) is 17.2 Å². The number of carbonyl (C=O) groups excluding carboxylic acids is 2. The molecule has 9 nitrogen and oxygen atoms in total. The molecule has 29 heavy (non-hydrogen) atoms. The van der Waals surface area contributed by atoms with Crippen molar-refractivity contribution >= 4 is 35.1 Å². The highest BCUT2D eigenvalue weighted by molar-refractivity contribution is 6.37. The van der Waals surface area contributed by atoms with Gasteiger partial charge in [-0.15, -0.1) is 23.8 Å². The number of nitrogens with zero attached hydrogens (tertiary/aromatic N) is 2. The second kappa shape index (κ2) is 8.33. The van der Waals surface area contributed by atoms with E-state index in [9.17, 15) is 22.8 Å². The average molecular weight is 435 g/mol. The van der Waals surface area contributed by atoms with E-state index in [0.29, 0.717) is 19.4 Å². The zero-order valence-electron chi connectivity index (χ0n) is 15.2. The van der Waals surface area contributed by atoms with Gasteiger partial charge in [0.15, 0.2) is 5.75 Å². The molecular formula is C16H18ClF3N6O3. The fourth-order valence-electron chi connectivity index (χ4n) is 2.70. The molecule has 0 atom stereocenters. The molecule has 0 spiro atoms. The molecule has 1 fully saturated rings. The van der Waals surface area contributed by atoms with E-state index in [4.69, 9.17) is 11.6 Å². The van der Waals surface area contributed by atoms with Crippen molar-refractivity contribution in [2.24, 2.45) is 11.0 Å². The van der Waals surface area contributed by atoms with Gasteiger partial charge in [0.25, 0.3) is 5.91 Å². The number of nitrogens with one attached hydrogen (secondary N) is 4. The molecule has 0 aromatic heterocycles. The van der Waals surface area contributed by atoms with E-state index in [1.807, 2.05) is 0 Å². The number of hydrazine groups is 2. The minimum absolute atomic E-state index is 0.143. The lowest BCUT2D eigenvalue weighted by Gasteiger charge is -2.25. The largest absolute Gasteiger partial charge is 0.573 e. The standard InChI is InChI=1S/C16H18ClF3N6O3/c1-2-26-15(23-24-25-26)22-14(28)9-6-7-10(29-16(18,19)20)12(11(9)17)21-13(27)8-4-3-5-8/h6-8,24-25H,2-5H2,1H3,(H,21,27)(H,22,23,28). The third kappa shape index (κ3) is 4.82. The Morgan fingerprint density at radius 3 is 2.66 bits per heavy atom. The molecule has 1 aromatic rings. The molecular weight excluding hydrogens is 417 g/mol. The molecule has 3 rings (SSSR count). The Morgan fingerprint density at radius 1 is 1.34 bits per heavy atom. The van der Waals surface area contributed by atoms with Crippen LogP contribution >= 0.6 is 11.6 Å². The van der Waals surface area contributed by atoms with Gasteiger partial charge in [0.2, 0.25) is 11.9 Å². The van der Waals surface area contributed by atoms with Gasteiger partial charge in [0.05, 0.1) is 10.6 Å². The molecule has 1 aliphatic carbocycles. The number of anilines is 1. The van der Waals surface area contributed by atoms with E-state index in [0.717, 1.165) is 18.6 Å². The van der Waals surface area contributed by atoms with Crippen molar-refractivity contribution in [2.45, 2.75) is 32.5 Å². The average Bonchev–Trinajstić information content (AvgIpc) is 3.02. The summed E-state index contributed by atoms with van der Waals surface area (Å²) in [6, 6.07) is 2.00. The summed E-state index contributed by atoms with van der Waals surface area (Å²) in [5.41, 5.74) is 4.54. The van der Waals surface area contributed by atoms with Gasteiger partial charge in [-0.2, -0.15) is 0 Å². The molecule has 0 radical (unpaired) electrons. The van der Waals surface area contributed by atoms with Gasteiger partial charge in [0.1, 0.15) is 5.69 Å². The lowest BCUT2D eigenvalue weighted by Crippen LogP contribution is -2.47. The molecule has 0 unspecified atom stereocenters. The molecule has 1 heterocycles. The molecule has 0 bridgehead atoms. The van der Waals surface area contributed by atoms with Crippen LogP contribution < -0.4 is 26.4 Å². The Labute approximate surface area is 168 Å². The van der Waals surface area contributed by atoms with Crippen molar-refractivity contribution in [3.63, 3.8) is 0 Å². The first-order valence-corrected chi connectivity index (χ1v) is 9.13. The van der Waals surface area contributed by atoms with Crippen LogP contribution in [0.3, 0.4) is 0 Å². The van der Waals surface area contributed by atoms with Crippen LogP contribution in [0.4, 0.5) is 18.9 Å². The minimum Gasteiger partial charge on any atom is -0.404 e. The van der Waals surface area contributed by atoms with E-state index in [1.54, 1.807) is 6.92 Å². The number of carbonyl (C=O) groups is 2. The first-order valence-electron chi connectivity index (χ1n) is 8.76. The fourth-order valence-corrected chi connectivity index (χ4v) is 2.99. The highest BCUT2D eigenvalue weighted by Crippen LogP contribution is 2.39. The van der Waals surface area contributed by atoms with Crippen molar-refractivity contribution in [2.75, 3.05) is 11.9 Å². The van der Waals surface area contributed by atoms with Crippen LogP contribution in [0, 0.1) is 5.92 Å². The number of alkyl halides is 3. The minimum atomic E-state index is -5.00. The summed E-state index contributed by atoms with van der Waals surface area (Å²) >= 11 is 6.20. The molecule has 158 valence electrons. The van der Waals surface area contributed by atoms with Crippen molar-refractivity contribution in [3.05, 3.63) is 22.7 Å². The monoisotopic (exact) mass is 434 g/mol. The summed E-state index contributed by atoms with van der Waals surface area (Å²) < 4.78 is 42.2. The van der Waals surface area contributed by atoms with Gasteiger partial charge in [-0.05, 0) is 31.9 Å². The number of ether oxygens (including phenoxy) is 1. The van der Waals surface area contributed by atoms with Gasteiger partial charge in [-0.25, -0.2) is 5.53 Å². The first kappa shape index (κ1) is 21.0. The number of hydrogen-bond acceptors (Lipinski definition) is 7. The Bertz CT molecular complexity index is 844. The van der Waals surface area contributed by atoms with Crippen LogP contribution in [0.2, 0.25) is 5.02 Å².